The Kier molecular flexibility index (Phi) is 6.17. The van der Waals surface area contributed by atoms with Gasteiger partial charge in [-0.3, -0.25) is 9.59 Å². The van der Waals surface area contributed by atoms with Gasteiger partial charge in [0.1, 0.15) is 6.10 Å². The Bertz CT molecular complexity index is 630. The molecule has 0 spiro atoms. The van der Waals surface area contributed by atoms with Gasteiger partial charge in [0.05, 0.1) is 5.60 Å². The summed E-state index contributed by atoms with van der Waals surface area (Å²) in [6.45, 7) is 11.5. The average molecular weight is 363 g/mol. The third-order valence-corrected chi connectivity index (χ3v) is 6.71. The van der Waals surface area contributed by atoms with E-state index in [1.54, 1.807) is 0 Å². The number of ketones is 1. The molecule has 0 heterocycles. The van der Waals surface area contributed by atoms with Crippen molar-refractivity contribution in [1.29, 1.82) is 0 Å². The van der Waals surface area contributed by atoms with Crippen LogP contribution in [0.3, 0.4) is 0 Å². The number of rotatable bonds is 2. The van der Waals surface area contributed by atoms with E-state index in [9.17, 15) is 14.7 Å². The molecule has 2 aliphatic rings. The first kappa shape index (κ1) is 20.9. The Hall–Kier alpha value is -1.42. The van der Waals surface area contributed by atoms with Gasteiger partial charge in [0.15, 0.2) is 5.78 Å². The maximum Gasteiger partial charge on any atom is 0.303 e. The molecule has 26 heavy (non-hydrogen) atoms. The highest BCUT2D eigenvalue weighted by Crippen LogP contribution is 2.56. The smallest absolute Gasteiger partial charge is 0.303 e. The Balaban J connectivity index is 2.45. The van der Waals surface area contributed by atoms with Crippen LogP contribution in [0, 0.1) is 17.3 Å². The van der Waals surface area contributed by atoms with E-state index >= 15 is 0 Å². The summed E-state index contributed by atoms with van der Waals surface area (Å²) in [5.74, 6) is -0.187. The highest BCUT2D eigenvalue weighted by Gasteiger charge is 2.55. The van der Waals surface area contributed by atoms with Gasteiger partial charge in [-0.05, 0) is 55.6 Å². The second kappa shape index (κ2) is 7.67. The van der Waals surface area contributed by atoms with E-state index in [0.717, 1.165) is 24.8 Å². The second-order valence-corrected chi connectivity index (χ2v) is 8.85. The molecule has 0 bridgehead atoms. The fourth-order valence-electron chi connectivity index (χ4n) is 4.59. The number of ether oxygens (including phenoxy) is 1. The third kappa shape index (κ3) is 4.11. The standard InChI is InChI=1S/C22H34O4/c1-14(2)22(25)12-11-21(6)10-9-16(4)19(26-17(5)23)8-7-15(3)18(24)13-20(21)22/h7,9,14,19-20,25H,8,10-13H2,1-6H3/b15-7-,16-9+/t19-,20?,21-,22+/m1/s1. The van der Waals surface area contributed by atoms with E-state index in [2.05, 4.69) is 13.0 Å². The van der Waals surface area contributed by atoms with Crippen molar-refractivity contribution in [3.8, 4) is 0 Å². The van der Waals surface area contributed by atoms with Gasteiger partial charge >= 0.3 is 5.97 Å². The van der Waals surface area contributed by atoms with Crippen molar-refractivity contribution in [2.24, 2.45) is 17.3 Å². The molecule has 4 nitrogen and oxygen atoms in total. The van der Waals surface area contributed by atoms with E-state index < -0.39 is 5.60 Å². The first-order chi connectivity index (χ1) is 12.0. The minimum Gasteiger partial charge on any atom is -0.458 e. The number of aliphatic hydroxyl groups is 1. The maximum absolute atomic E-state index is 12.8. The summed E-state index contributed by atoms with van der Waals surface area (Å²) < 4.78 is 5.47. The number of carbonyl (C=O) groups is 2. The molecule has 0 radical (unpaired) electrons. The van der Waals surface area contributed by atoms with Gasteiger partial charge in [-0.2, -0.15) is 0 Å². The first-order valence-electron chi connectivity index (χ1n) is 9.76. The van der Waals surface area contributed by atoms with Crippen molar-refractivity contribution in [2.45, 2.75) is 85.4 Å². The molecule has 0 aromatic carbocycles. The lowest BCUT2D eigenvalue weighted by atomic mass is 9.67. The zero-order chi connectivity index (χ0) is 19.7. The summed E-state index contributed by atoms with van der Waals surface area (Å²) in [6.07, 6.45) is 6.97. The molecule has 2 aliphatic carbocycles. The number of carbonyl (C=O) groups excluding carboxylic acids is 2. The molecule has 4 heteroatoms. The van der Waals surface area contributed by atoms with Gasteiger partial charge in [-0.25, -0.2) is 0 Å². The van der Waals surface area contributed by atoms with Crippen LogP contribution < -0.4 is 0 Å². The molecule has 4 atom stereocenters. The van der Waals surface area contributed by atoms with Crippen LogP contribution in [0.5, 0.6) is 0 Å². The monoisotopic (exact) mass is 362 g/mol. The van der Waals surface area contributed by atoms with Crippen molar-refractivity contribution in [2.75, 3.05) is 0 Å². The number of hydrogen-bond acceptors (Lipinski definition) is 4. The Morgan fingerprint density at radius 1 is 1.27 bits per heavy atom. The van der Waals surface area contributed by atoms with E-state index in [1.165, 1.54) is 6.92 Å². The van der Waals surface area contributed by atoms with Gasteiger partial charge in [-0.1, -0.05) is 32.9 Å². The zero-order valence-electron chi connectivity index (χ0n) is 17.1. The van der Waals surface area contributed by atoms with Crippen LogP contribution in [0.1, 0.15) is 73.6 Å². The Morgan fingerprint density at radius 3 is 2.50 bits per heavy atom. The molecule has 0 saturated heterocycles. The molecular weight excluding hydrogens is 328 g/mol. The van der Waals surface area contributed by atoms with Gasteiger partial charge < -0.3 is 9.84 Å². The van der Waals surface area contributed by atoms with Crippen molar-refractivity contribution in [3.05, 3.63) is 23.3 Å². The van der Waals surface area contributed by atoms with Crippen molar-refractivity contribution in [3.63, 3.8) is 0 Å². The van der Waals surface area contributed by atoms with Crippen molar-refractivity contribution >= 4 is 11.8 Å². The Labute approximate surface area is 157 Å². The fourth-order valence-corrected chi connectivity index (χ4v) is 4.59. The van der Waals surface area contributed by atoms with Crippen LogP contribution in [0.15, 0.2) is 23.3 Å². The van der Waals surface area contributed by atoms with Crippen LogP contribution in [0.4, 0.5) is 0 Å². The first-order valence-corrected chi connectivity index (χ1v) is 9.76. The molecule has 1 fully saturated rings. The predicted molar refractivity (Wildman–Crippen MR) is 103 cm³/mol. The summed E-state index contributed by atoms with van der Waals surface area (Å²) >= 11 is 0. The molecule has 0 aromatic heterocycles. The predicted octanol–water partition coefficient (Wildman–Crippen LogP) is 4.37. The van der Waals surface area contributed by atoms with Crippen LogP contribution >= 0.6 is 0 Å². The SMILES string of the molecule is CC(=O)O[C@@H]1C/C=C(/C)C(=O)CC2[C@](C)(C/C=C/1C)CC[C@]2(O)C(C)C. The summed E-state index contributed by atoms with van der Waals surface area (Å²) in [4.78, 5) is 24.3. The number of hydrogen-bond donors (Lipinski definition) is 1. The van der Waals surface area contributed by atoms with Crippen LogP contribution in [0.25, 0.3) is 0 Å². The molecular formula is C22H34O4. The molecule has 2 rings (SSSR count). The van der Waals surface area contributed by atoms with Crippen LogP contribution in [-0.2, 0) is 14.3 Å². The number of Topliss-reactive ketones (excluding diaryl/α,β-unsaturated/α-hetero) is 1. The minimum atomic E-state index is -0.810. The Morgan fingerprint density at radius 2 is 1.92 bits per heavy atom. The van der Waals surface area contributed by atoms with Gasteiger partial charge in [-0.15, -0.1) is 0 Å². The maximum atomic E-state index is 12.8. The summed E-state index contributed by atoms with van der Waals surface area (Å²) in [6, 6.07) is 0. The molecule has 0 aromatic rings. The molecule has 1 saturated carbocycles. The topological polar surface area (TPSA) is 63.6 Å². The zero-order valence-corrected chi connectivity index (χ0v) is 17.1. The number of esters is 1. The number of fused-ring (bicyclic) bond motifs is 1. The van der Waals surface area contributed by atoms with Crippen molar-refractivity contribution in [1.82, 2.24) is 0 Å². The normalized spacial score (nSPS) is 40.1. The van der Waals surface area contributed by atoms with Gasteiger partial charge in [0.2, 0.25) is 0 Å². The lowest BCUT2D eigenvalue weighted by Crippen LogP contribution is -2.44. The molecule has 0 aliphatic heterocycles. The van der Waals surface area contributed by atoms with Gasteiger partial charge in [0.25, 0.3) is 0 Å². The molecule has 1 unspecified atom stereocenters. The number of allylic oxidation sites excluding steroid dienone is 2. The summed E-state index contributed by atoms with van der Waals surface area (Å²) in [5.41, 5.74) is 0.757. The van der Waals surface area contributed by atoms with E-state index in [0.29, 0.717) is 18.4 Å². The van der Waals surface area contributed by atoms with Crippen LogP contribution in [0.2, 0.25) is 0 Å². The molecule has 1 N–H and O–H groups in total. The van der Waals surface area contributed by atoms with E-state index in [-0.39, 0.29) is 35.1 Å². The lowest BCUT2D eigenvalue weighted by Gasteiger charge is -2.40. The fraction of sp³-hybridized carbons (Fsp3) is 0.727. The third-order valence-electron chi connectivity index (χ3n) is 6.71. The lowest BCUT2D eigenvalue weighted by molar-refractivity contribution is -0.144. The average Bonchev–Trinajstić information content (AvgIpc) is 2.81. The quantitative estimate of drug-likeness (QED) is 0.585. The highest BCUT2D eigenvalue weighted by molar-refractivity contribution is 5.95. The highest BCUT2D eigenvalue weighted by atomic mass is 16.5. The largest absolute Gasteiger partial charge is 0.458 e. The van der Waals surface area contributed by atoms with Crippen molar-refractivity contribution < 1.29 is 19.4 Å². The second-order valence-electron chi connectivity index (χ2n) is 8.85. The van der Waals surface area contributed by atoms with Crippen LogP contribution in [-0.4, -0.2) is 28.6 Å². The van der Waals surface area contributed by atoms with E-state index in [4.69, 9.17) is 4.74 Å². The van der Waals surface area contributed by atoms with E-state index in [1.807, 2.05) is 33.8 Å². The van der Waals surface area contributed by atoms with Gasteiger partial charge in [0, 0.05) is 25.7 Å². The minimum absolute atomic E-state index is 0.0693. The summed E-state index contributed by atoms with van der Waals surface area (Å²) in [5, 5.41) is 11.4. The molecule has 0 amide bonds. The summed E-state index contributed by atoms with van der Waals surface area (Å²) in [7, 11) is 0. The molecule has 146 valence electrons.